The summed E-state index contributed by atoms with van der Waals surface area (Å²) >= 11 is 0. The Kier molecular flexibility index (Phi) is 4.44. The van der Waals surface area contributed by atoms with Gasteiger partial charge < -0.3 is 4.74 Å². The molecule has 0 radical (unpaired) electrons. The average molecular weight is 192 g/mol. The largest absolute Gasteiger partial charge is 0.375 e. The maximum absolute atomic E-state index is 12.3. The van der Waals surface area contributed by atoms with Crippen molar-refractivity contribution in [2.75, 3.05) is 13.8 Å². The van der Waals surface area contributed by atoms with Crippen molar-refractivity contribution in [2.24, 2.45) is 0 Å². The first-order chi connectivity index (χ1) is 5.44. The van der Waals surface area contributed by atoms with Gasteiger partial charge in [0.25, 0.3) is 0 Å². The van der Waals surface area contributed by atoms with Crippen LogP contribution >= 0.6 is 0 Å². The number of hydrogen-bond donors (Lipinski definition) is 0. The molecular weight excluding hydrogens is 183 g/mol. The second kappa shape index (κ2) is 4.59. The third kappa shape index (κ3) is 3.34. The van der Waals surface area contributed by atoms with Crippen LogP contribution in [0.4, 0.5) is 22.0 Å². The van der Waals surface area contributed by atoms with Crippen LogP contribution in [0.25, 0.3) is 0 Å². The van der Waals surface area contributed by atoms with E-state index in [1.165, 1.54) is 0 Å². The Balaban J connectivity index is 4.13. The van der Waals surface area contributed by atoms with E-state index in [1.54, 1.807) is 0 Å². The minimum atomic E-state index is -3.83. The topological polar surface area (TPSA) is 9.23 Å². The molecule has 0 saturated heterocycles. The van der Waals surface area contributed by atoms with Crippen molar-refractivity contribution in [3.8, 4) is 0 Å². The Morgan fingerprint density at radius 2 is 1.83 bits per heavy atom. The maximum atomic E-state index is 12.3. The molecule has 0 aliphatic rings. The fraction of sp³-hybridized carbons (Fsp3) is 1.00. The van der Waals surface area contributed by atoms with Gasteiger partial charge in [-0.15, -0.1) is 0 Å². The lowest BCUT2D eigenvalue weighted by molar-refractivity contribution is -0.149. The number of halogens is 5. The van der Waals surface area contributed by atoms with Crippen LogP contribution in [0, 0.1) is 0 Å². The smallest absolute Gasteiger partial charge is 0.301 e. The van der Waals surface area contributed by atoms with Crippen LogP contribution in [0.2, 0.25) is 0 Å². The fourth-order valence-corrected chi connectivity index (χ4v) is 0.689. The van der Waals surface area contributed by atoms with E-state index in [2.05, 4.69) is 4.74 Å². The van der Waals surface area contributed by atoms with Crippen LogP contribution < -0.4 is 0 Å². The van der Waals surface area contributed by atoms with E-state index in [9.17, 15) is 22.0 Å². The van der Waals surface area contributed by atoms with Crippen LogP contribution in [0.15, 0.2) is 0 Å². The molecule has 0 aliphatic heterocycles. The van der Waals surface area contributed by atoms with Crippen LogP contribution in [0.3, 0.4) is 0 Å². The molecule has 1 unspecified atom stereocenters. The van der Waals surface area contributed by atoms with E-state index in [1.807, 2.05) is 0 Å². The summed E-state index contributed by atoms with van der Waals surface area (Å²) in [7, 11) is 0.844. The van der Waals surface area contributed by atoms with Gasteiger partial charge in [0.1, 0.15) is 6.10 Å². The lowest BCUT2D eigenvalue weighted by Crippen LogP contribution is -2.38. The first kappa shape index (κ1) is 11.6. The summed E-state index contributed by atoms with van der Waals surface area (Å²) in [5.74, 6) is -3.83. The molecule has 0 bridgehead atoms. The molecule has 6 heteroatoms. The van der Waals surface area contributed by atoms with Crippen LogP contribution in [-0.2, 0) is 4.74 Å². The predicted octanol–water partition coefficient (Wildman–Crippen LogP) is 2.26. The van der Waals surface area contributed by atoms with Crippen LogP contribution in [-0.4, -0.2) is 32.2 Å². The van der Waals surface area contributed by atoms with E-state index in [-0.39, 0.29) is 0 Å². The predicted molar refractivity (Wildman–Crippen MR) is 32.3 cm³/mol. The number of methoxy groups -OCH3 is 1. The van der Waals surface area contributed by atoms with Crippen molar-refractivity contribution < 1.29 is 26.7 Å². The van der Waals surface area contributed by atoms with Crippen molar-refractivity contribution in [3.63, 3.8) is 0 Å². The van der Waals surface area contributed by atoms with Crippen molar-refractivity contribution in [2.45, 2.75) is 24.9 Å². The Morgan fingerprint density at radius 1 is 1.33 bits per heavy atom. The monoisotopic (exact) mass is 192 g/mol. The molecular formula is C6H9F5O. The van der Waals surface area contributed by atoms with Crippen molar-refractivity contribution in [1.82, 2.24) is 0 Å². The third-order valence-corrected chi connectivity index (χ3v) is 1.33. The van der Waals surface area contributed by atoms with Gasteiger partial charge in [-0.2, -0.15) is 0 Å². The third-order valence-electron chi connectivity index (χ3n) is 1.33. The minimum Gasteiger partial charge on any atom is -0.375 e. The second-order valence-electron chi connectivity index (χ2n) is 2.25. The van der Waals surface area contributed by atoms with Gasteiger partial charge in [0, 0.05) is 13.5 Å². The quantitative estimate of drug-likeness (QED) is 0.607. The summed E-state index contributed by atoms with van der Waals surface area (Å²) in [5, 5.41) is 0. The molecule has 0 aromatic heterocycles. The Hall–Kier alpha value is -0.390. The summed E-state index contributed by atoms with van der Waals surface area (Å²) in [6, 6.07) is 0. The molecule has 0 N–H and O–H groups in total. The fourth-order valence-electron chi connectivity index (χ4n) is 0.689. The number of rotatable bonds is 5. The van der Waals surface area contributed by atoms with Gasteiger partial charge in [0.2, 0.25) is 6.43 Å². The Labute approximate surface area is 66.5 Å². The summed E-state index contributed by atoms with van der Waals surface area (Å²) < 4.78 is 63.5. The first-order valence-corrected chi connectivity index (χ1v) is 3.18. The lowest BCUT2D eigenvalue weighted by Gasteiger charge is -2.22. The maximum Gasteiger partial charge on any atom is 0.301 e. The second-order valence-corrected chi connectivity index (χ2v) is 2.25. The highest BCUT2D eigenvalue weighted by molar-refractivity contribution is 4.77. The van der Waals surface area contributed by atoms with Crippen LogP contribution in [0.5, 0.6) is 0 Å². The zero-order valence-corrected chi connectivity index (χ0v) is 6.37. The molecule has 1 nitrogen and oxygen atoms in total. The molecule has 0 amide bonds. The SMILES string of the molecule is COC(CC(F)F)C(F)(F)CF. The van der Waals surface area contributed by atoms with Gasteiger partial charge in [-0.25, -0.2) is 22.0 Å². The first-order valence-electron chi connectivity index (χ1n) is 3.18. The zero-order valence-electron chi connectivity index (χ0n) is 6.37. The van der Waals surface area contributed by atoms with Gasteiger partial charge in [-0.3, -0.25) is 0 Å². The summed E-state index contributed by atoms with van der Waals surface area (Å²) in [4.78, 5) is 0. The van der Waals surface area contributed by atoms with Gasteiger partial charge in [0.15, 0.2) is 6.67 Å². The highest BCUT2D eigenvalue weighted by Crippen LogP contribution is 2.25. The Morgan fingerprint density at radius 3 is 2.08 bits per heavy atom. The molecule has 0 rings (SSSR count). The molecule has 0 spiro atoms. The minimum absolute atomic E-state index is 0.844. The molecule has 0 aromatic rings. The summed E-state index contributed by atoms with van der Waals surface area (Å²) in [5.41, 5.74) is 0. The zero-order chi connectivity index (χ0) is 9.78. The standard InChI is InChI=1S/C6H9F5O/c1-12-4(2-5(8)9)6(10,11)3-7/h4-5H,2-3H2,1H3. The highest BCUT2D eigenvalue weighted by atomic mass is 19.3. The van der Waals surface area contributed by atoms with Crippen molar-refractivity contribution in [1.29, 1.82) is 0 Å². The molecule has 12 heavy (non-hydrogen) atoms. The van der Waals surface area contributed by atoms with E-state index in [0.29, 0.717) is 0 Å². The molecule has 0 aromatic carbocycles. The molecule has 0 aliphatic carbocycles. The molecule has 0 fully saturated rings. The average Bonchev–Trinajstić information content (AvgIpc) is 1.99. The van der Waals surface area contributed by atoms with Crippen molar-refractivity contribution in [3.05, 3.63) is 0 Å². The van der Waals surface area contributed by atoms with E-state index < -0.39 is 31.5 Å². The van der Waals surface area contributed by atoms with Gasteiger partial charge in [-0.1, -0.05) is 0 Å². The van der Waals surface area contributed by atoms with E-state index in [0.717, 1.165) is 7.11 Å². The van der Waals surface area contributed by atoms with Gasteiger partial charge in [-0.05, 0) is 0 Å². The van der Waals surface area contributed by atoms with Gasteiger partial charge >= 0.3 is 5.92 Å². The lowest BCUT2D eigenvalue weighted by atomic mass is 10.1. The molecule has 74 valence electrons. The van der Waals surface area contributed by atoms with Crippen molar-refractivity contribution >= 4 is 0 Å². The van der Waals surface area contributed by atoms with Crippen LogP contribution in [0.1, 0.15) is 6.42 Å². The molecule has 0 heterocycles. The summed E-state index contributed by atoms with van der Waals surface area (Å²) in [6.07, 6.45) is -6.14. The molecule has 0 saturated carbocycles. The Bertz CT molecular complexity index is 127. The number of alkyl halides is 5. The van der Waals surface area contributed by atoms with E-state index >= 15 is 0 Å². The van der Waals surface area contributed by atoms with Gasteiger partial charge in [0.05, 0.1) is 0 Å². The number of hydrogen-bond acceptors (Lipinski definition) is 1. The highest BCUT2D eigenvalue weighted by Gasteiger charge is 2.41. The van der Waals surface area contributed by atoms with E-state index in [4.69, 9.17) is 0 Å². The summed E-state index contributed by atoms with van der Waals surface area (Å²) in [6.45, 7) is -1.99. The molecule has 1 atom stereocenters. The number of ether oxygens (including phenoxy) is 1. The normalized spacial score (nSPS) is 15.2.